The zero-order chi connectivity index (χ0) is 29.0. The molecule has 2 heteroatoms. The van der Waals surface area contributed by atoms with Crippen molar-refractivity contribution in [3.63, 3.8) is 0 Å². The molecule has 0 bridgehead atoms. The molecule has 7 aromatic rings. The van der Waals surface area contributed by atoms with Crippen molar-refractivity contribution >= 4 is 65.3 Å². The summed E-state index contributed by atoms with van der Waals surface area (Å²) in [6.45, 7) is 2.18. The molecule has 0 N–H and O–H groups in total. The van der Waals surface area contributed by atoms with Gasteiger partial charge < -0.3 is 0 Å². The Labute approximate surface area is 263 Å². The molecular weight excluding hydrogens is 645 g/mol. The van der Waals surface area contributed by atoms with E-state index in [4.69, 9.17) is 0 Å². The van der Waals surface area contributed by atoms with Crippen molar-refractivity contribution in [2.45, 2.75) is 6.92 Å². The average molecular weight is 677 g/mol. The van der Waals surface area contributed by atoms with Gasteiger partial charge in [-0.15, -0.1) is 0 Å². The van der Waals surface area contributed by atoms with Crippen molar-refractivity contribution in [2.24, 2.45) is 0 Å². The van der Waals surface area contributed by atoms with Gasteiger partial charge in [-0.3, -0.25) is 0 Å². The Morgan fingerprint density at radius 3 is 1.67 bits per heavy atom. The quantitative estimate of drug-likeness (QED) is 0.125. The van der Waals surface area contributed by atoms with Crippen LogP contribution in [0.3, 0.4) is 0 Å². The van der Waals surface area contributed by atoms with Crippen molar-refractivity contribution in [1.82, 2.24) is 0 Å². The monoisotopic (exact) mass is 676 g/mol. The molecule has 0 atom stereocenters. The fourth-order valence-electron chi connectivity index (χ4n) is 5.88. The number of fused-ring (bicyclic) bond motifs is 1. The molecule has 0 heterocycles. The van der Waals surface area contributed by atoms with Gasteiger partial charge in [0.15, 0.2) is 0 Å². The van der Waals surface area contributed by atoms with Crippen molar-refractivity contribution in [3.05, 3.63) is 181 Å². The van der Waals surface area contributed by atoms with Crippen LogP contribution in [-0.4, -0.2) is 20.2 Å². The molecule has 0 aliphatic heterocycles. The maximum absolute atomic E-state index is 2.51. The van der Waals surface area contributed by atoms with Crippen molar-refractivity contribution < 1.29 is 0 Å². The fraction of sp³-hybridized carbons (Fsp3) is 0.0244. The standard InChI is InChI=1S/C24H18P.C10H7.C7H7.Sb/c1-4-12-20(13-5-1)23-18-10-11-19-24(23)25(21-14-6-2-7-15-21)22-16-8-3-9-17-22;1-2-6-10-8-4-3-7-9(10)5-1;1-7-5-3-2-4-6-7;/h1-12,14-19H;1-7H;3-6H,1H3;. The van der Waals surface area contributed by atoms with E-state index in [1.165, 1.54) is 53.9 Å². The predicted octanol–water partition coefficient (Wildman–Crippen LogP) is 7.09. The Kier molecular flexibility index (Phi) is 8.25. The summed E-state index contributed by atoms with van der Waals surface area (Å²) in [6.07, 6.45) is 0. The van der Waals surface area contributed by atoms with E-state index in [1.807, 2.05) is 0 Å². The minimum absolute atomic E-state index is 0.743. The number of hydrogen-bond acceptors (Lipinski definition) is 0. The normalized spacial score (nSPS) is 11.3. The molecule has 206 valence electrons. The van der Waals surface area contributed by atoms with Gasteiger partial charge in [0.1, 0.15) is 0 Å². The number of aryl methyl sites for hydroxylation is 1. The second-order valence-corrected chi connectivity index (χ2v) is 19.0. The first-order valence-corrected chi connectivity index (χ1v) is 19.9. The fourth-order valence-corrected chi connectivity index (χ4v) is 15.8. The van der Waals surface area contributed by atoms with E-state index in [9.17, 15) is 0 Å². The summed E-state index contributed by atoms with van der Waals surface area (Å²) in [5.74, 6) is 0. The van der Waals surface area contributed by atoms with Gasteiger partial charge in [0.05, 0.1) is 0 Å². The predicted molar refractivity (Wildman–Crippen MR) is 190 cm³/mol. The SMILES string of the molecule is Cc1cc[c]([Sb]([c]2ccccc2-c2ccccc2P(c2ccccc2)c2ccccc2)[c]2cccc3ccccc23)cc1. The van der Waals surface area contributed by atoms with Crippen LogP contribution in [0.15, 0.2) is 176 Å². The summed E-state index contributed by atoms with van der Waals surface area (Å²) in [5.41, 5.74) is 4.02. The molecule has 0 amide bonds. The first-order valence-electron chi connectivity index (χ1n) is 14.7. The topological polar surface area (TPSA) is 0 Å². The Morgan fingerprint density at radius 1 is 0.419 bits per heavy atom. The van der Waals surface area contributed by atoms with E-state index >= 15 is 0 Å². The van der Waals surface area contributed by atoms with Gasteiger partial charge in [0.25, 0.3) is 0 Å². The van der Waals surface area contributed by atoms with E-state index in [2.05, 4.69) is 183 Å². The maximum atomic E-state index is 2.42. The van der Waals surface area contributed by atoms with E-state index < -0.39 is 28.1 Å². The molecule has 0 saturated carbocycles. The Hall–Kier alpha value is -3.95. The van der Waals surface area contributed by atoms with Crippen LogP contribution in [0.25, 0.3) is 21.9 Å². The summed E-state index contributed by atoms with van der Waals surface area (Å²) in [5, 5.41) is 6.85. The summed E-state index contributed by atoms with van der Waals surface area (Å²) in [7, 11) is -0.743. The molecule has 7 aromatic carbocycles. The van der Waals surface area contributed by atoms with Crippen LogP contribution in [0.2, 0.25) is 0 Å². The van der Waals surface area contributed by atoms with Gasteiger partial charge in [-0.25, -0.2) is 0 Å². The van der Waals surface area contributed by atoms with Crippen LogP contribution >= 0.6 is 7.92 Å². The van der Waals surface area contributed by atoms with Crippen LogP contribution in [0.5, 0.6) is 0 Å². The van der Waals surface area contributed by atoms with E-state index in [1.54, 1.807) is 0 Å². The Bertz CT molecular complexity index is 1940. The molecule has 43 heavy (non-hydrogen) atoms. The van der Waals surface area contributed by atoms with E-state index in [0.717, 1.165) is 0 Å². The molecule has 0 unspecified atom stereocenters. The third-order valence-corrected chi connectivity index (χ3v) is 17.7. The van der Waals surface area contributed by atoms with Crippen LogP contribution in [0.4, 0.5) is 0 Å². The summed E-state index contributed by atoms with van der Waals surface area (Å²) in [4.78, 5) is 0. The van der Waals surface area contributed by atoms with Gasteiger partial charge in [0.2, 0.25) is 0 Å². The van der Waals surface area contributed by atoms with Gasteiger partial charge in [-0.2, -0.15) is 0 Å². The van der Waals surface area contributed by atoms with Gasteiger partial charge in [0, 0.05) is 0 Å². The molecule has 7 rings (SSSR count). The van der Waals surface area contributed by atoms with Crippen LogP contribution in [-0.2, 0) is 0 Å². The molecule has 0 aliphatic rings. The number of hydrogen-bond donors (Lipinski definition) is 0. The zero-order valence-electron chi connectivity index (χ0n) is 24.1. The van der Waals surface area contributed by atoms with Gasteiger partial charge in [-0.1, -0.05) is 0 Å². The molecule has 0 saturated heterocycles. The third kappa shape index (κ3) is 5.71. The minimum atomic E-state index is -2.51. The molecule has 0 spiro atoms. The number of rotatable bonds is 7. The molecule has 0 aliphatic carbocycles. The molecule has 0 radical (unpaired) electrons. The third-order valence-electron chi connectivity index (χ3n) is 7.91. The summed E-state index contributed by atoms with van der Waals surface area (Å²) >= 11 is -2.51. The zero-order valence-corrected chi connectivity index (χ0v) is 27.6. The van der Waals surface area contributed by atoms with Crippen molar-refractivity contribution in [2.75, 3.05) is 0 Å². The second kappa shape index (κ2) is 12.7. The molecule has 0 fully saturated rings. The molecular formula is C41H32PSb. The summed E-state index contributed by atoms with van der Waals surface area (Å²) in [6, 6.07) is 65.7. The van der Waals surface area contributed by atoms with Gasteiger partial charge in [-0.05, 0) is 0 Å². The second-order valence-electron chi connectivity index (χ2n) is 10.7. The Balaban J connectivity index is 1.48. The Morgan fingerprint density at radius 2 is 0.953 bits per heavy atom. The molecule has 0 nitrogen and oxygen atoms in total. The van der Waals surface area contributed by atoms with Gasteiger partial charge >= 0.3 is 265 Å². The summed E-state index contributed by atoms with van der Waals surface area (Å²) < 4.78 is 4.51. The van der Waals surface area contributed by atoms with Crippen molar-refractivity contribution in [3.8, 4) is 11.1 Å². The molecule has 0 aromatic heterocycles. The van der Waals surface area contributed by atoms with Crippen LogP contribution < -0.4 is 26.4 Å². The number of benzene rings is 7. The van der Waals surface area contributed by atoms with Crippen LogP contribution in [0.1, 0.15) is 5.56 Å². The van der Waals surface area contributed by atoms with E-state index in [-0.39, 0.29) is 0 Å². The van der Waals surface area contributed by atoms with E-state index in [0.29, 0.717) is 0 Å². The average Bonchev–Trinajstić information content (AvgIpc) is 3.08. The van der Waals surface area contributed by atoms with Crippen molar-refractivity contribution in [1.29, 1.82) is 0 Å². The first kappa shape index (κ1) is 27.9. The first-order chi connectivity index (χ1) is 21.3. The van der Waals surface area contributed by atoms with Crippen LogP contribution in [0, 0.1) is 6.92 Å².